The number of rotatable bonds is 8. The Morgan fingerprint density at radius 3 is 2.93 bits per heavy atom. The Hall–Kier alpha value is -2.53. The zero-order valence-corrected chi connectivity index (χ0v) is 15.8. The van der Waals surface area contributed by atoms with Crippen LogP contribution in [0, 0.1) is 0 Å². The second-order valence-corrected chi connectivity index (χ2v) is 6.99. The molecule has 142 valence electrons. The fourth-order valence-electron chi connectivity index (χ4n) is 3.00. The van der Waals surface area contributed by atoms with Crippen molar-refractivity contribution < 1.29 is 14.3 Å². The van der Waals surface area contributed by atoms with E-state index in [2.05, 4.69) is 10.6 Å². The maximum atomic E-state index is 11.9. The van der Waals surface area contributed by atoms with E-state index in [4.69, 9.17) is 16.3 Å². The molecule has 0 unspecified atom stereocenters. The van der Waals surface area contributed by atoms with Crippen molar-refractivity contribution in [3.63, 3.8) is 0 Å². The quantitative estimate of drug-likeness (QED) is 0.679. The van der Waals surface area contributed by atoms with Gasteiger partial charge in [0.1, 0.15) is 5.75 Å². The molecule has 0 aliphatic carbocycles. The van der Waals surface area contributed by atoms with Crippen LogP contribution in [-0.2, 0) is 22.4 Å². The lowest BCUT2D eigenvalue weighted by molar-refractivity contribution is -0.121. The van der Waals surface area contributed by atoms with Gasteiger partial charge >= 0.3 is 0 Å². The molecule has 0 fully saturated rings. The van der Waals surface area contributed by atoms with Crippen molar-refractivity contribution in [3.8, 4) is 5.75 Å². The maximum Gasteiger partial charge on any atom is 0.224 e. The summed E-state index contributed by atoms with van der Waals surface area (Å²) >= 11 is 5.95. The third-order valence-corrected chi connectivity index (χ3v) is 4.65. The predicted molar refractivity (Wildman–Crippen MR) is 106 cm³/mol. The van der Waals surface area contributed by atoms with Crippen LogP contribution in [-0.4, -0.2) is 25.0 Å². The molecule has 0 saturated carbocycles. The summed E-state index contributed by atoms with van der Waals surface area (Å²) in [6.07, 6.45) is 3.07. The third kappa shape index (κ3) is 6.00. The molecular weight excluding hydrogens is 364 g/mol. The van der Waals surface area contributed by atoms with Crippen LogP contribution in [0.4, 0.5) is 5.69 Å². The average Bonchev–Trinajstić information content (AvgIpc) is 2.65. The van der Waals surface area contributed by atoms with E-state index in [9.17, 15) is 9.59 Å². The van der Waals surface area contributed by atoms with E-state index in [1.54, 1.807) is 0 Å². The molecular formula is C21H23ClN2O3. The smallest absolute Gasteiger partial charge is 0.224 e. The second kappa shape index (κ2) is 9.42. The van der Waals surface area contributed by atoms with Gasteiger partial charge in [-0.2, -0.15) is 0 Å². The summed E-state index contributed by atoms with van der Waals surface area (Å²) in [5, 5.41) is 6.47. The molecule has 0 spiro atoms. The highest BCUT2D eigenvalue weighted by Gasteiger charge is 2.15. The van der Waals surface area contributed by atoms with Crippen LogP contribution in [0.5, 0.6) is 5.75 Å². The molecule has 1 aliphatic heterocycles. The lowest BCUT2D eigenvalue weighted by Crippen LogP contribution is -2.25. The minimum Gasteiger partial charge on any atom is -0.494 e. The van der Waals surface area contributed by atoms with E-state index < -0.39 is 0 Å². The Kier molecular flexibility index (Phi) is 6.71. The van der Waals surface area contributed by atoms with E-state index in [-0.39, 0.29) is 11.8 Å². The SMILES string of the molecule is O=C(CCCOc1ccc2c(c1)CCC(=O)N2)NCCc1cccc(Cl)c1. The first-order chi connectivity index (χ1) is 13.1. The molecule has 5 nitrogen and oxygen atoms in total. The van der Waals surface area contributed by atoms with E-state index in [0.29, 0.717) is 37.4 Å². The molecule has 0 aromatic heterocycles. The summed E-state index contributed by atoms with van der Waals surface area (Å²) in [6.45, 7) is 1.07. The molecule has 2 N–H and O–H groups in total. The minimum absolute atomic E-state index is 0.0220. The Labute approximate surface area is 164 Å². The van der Waals surface area contributed by atoms with Gasteiger partial charge in [0.2, 0.25) is 11.8 Å². The molecule has 6 heteroatoms. The van der Waals surface area contributed by atoms with Gasteiger partial charge in [0.15, 0.2) is 0 Å². The second-order valence-electron chi connectivity index (χ2n) is 6.55. The fraction of sp³-hybridized carbons (Fsp3) is 0.333. The van der Waals surface area contributed by atoms with Crippen LogP contribution >= 0.6 is 11.6 Å². The molecule has 27 heavy (non-hydrogen) atoms. The molecule has 3 rings (SSSR count). The summed E-state index contributed by atoms with van der Waals surface area (Å²) in [7, 11) is 0. The number of amides is 2. The number of nitrogens with one attached hydrogen (secondary N) is 2. The van der Waals surface area contributed by atoms with Crippen molar-refractivity contribution in [3.05, 3.63) is 58.6 Å². The van der Waals surface area contributed by atoms with Crippen molar-refractivity contribution in [2.24, 2.45) is 0 Å². The van der Waals surface area contributed by atoms with Gasteiger partial charge in [-0.3, -0.25) is 9.59 Å². The minimum atomic E-state index is 0.0220. The Morgan fingerprint density at radius 2 is 2.07 bits per heavy atom. The summed E-state index contributed by atoms with van der Waals surface area (Å²) in [6, 6.07) is 13.3. The number of halogens is 1. The van der Waals surface area contributed by atoms with E-state index in [0.717, 1.165) is 35.4 Å². The van der Waals surface area contributed by atoms with Crippen molar-refractivity contribution in [2.75, 3.05) is 18.5 Å². The van der Waals surface area contributed by atoms with Crippen molar-refractivity contribution in [2.45, 2.75) is 32.1 Å². The zero-order valence-electron chi connectivity index (χ0n) is 15.1. The van der Waals surface area contributed by atoms with Crippen LogP contribution in [0.25, 0.3) is 0 Å². The van der Waals surface area contributed by atoms with Gasteiger partial charge in [-0.15, -0.1) is 0 Å². The number of benzene rings is 2. The summed E-state index contributed by atoms with van der Waals surface area (Å²) in [5.74, 6) is 0.845. The number of anilines is 1. The van der Waals surface area contributed by atoms with Crippen LogP contribution in [0.15, 0.2) is 42.5 Å². The maximum absolute atomic E-state index is 11.9. The molecule has 2 amide bonds. The largest absolute Gasteiger partial charge is 0.494 e. The summed E-state index contributed by atoms with van der Waals surface area (Å²) in [4.78, 5) is 23.3. The summed E-state index contributed by atoms with van der Waals surface area (Å²) in [5.41, 5.74) is 3.05. The molecule has 1 aliphatic rings. The van der Waals surface area contributed by atoms with Gasteiger partial charge < -0.3 is 15.4 Å². The van der Waals surface area contributed by atoms with Gasteiger partial charge in [-0.1, -0.05) is 23.7 Å². The van der Waals surface area contributed by atoms with Crippen LogP contribution in [0.2, 0.25) is 5.02 Å². The van der Waals surface area contributed by atoms with Crippen LogP contribution < -0.4 is 15.4 Å². The molecule has 0 bridgehead atoms. The fourth-order valence-corrected chi connectivity index (χ4v) is 3.21. The van der Waals surface area contributed by atoms with Crippen molar-refractivity contribution >= 4 is 29.1 Å². The molecule has 0 saturated heterocycles. The Balaban J connectivity index is 1.33. The zero-order chi connectivity index (χ0) is 19.1. The summed E-state index contributed by atoms with van der Waals surface area (Å²) < 4.78 is 5.73. The highest BCUT2D eigenvalue weighted by atomic mass is 35.5. The first-order valence-corrected chi connectivity index (χ1v) is 9.55. The number of hydrogen-bond acceptors (Lipinski definition) is 3. The van der Waals surface area contributed by atoms with Gasteiger partial charge in [0.05, 0.1) is 6.61 Å². The Bertz CT molecular complexity index is 823. The van der Waals surface area contributed by atoms with Crippen molar-refractivity contribution in [1.82, 2.24) is 5.32 Å². The van der Waals surface area contributed by atoms with E-state index >= 15 is 0 Å². The topological polar surface area (TPSA) is 67.4 Å². The monoisotopic (exact) mass is 386 g/mol. The molecule has 0 atom stereocenters. The lowest BCUT2D eigenvalue weighted by atomic mass is 10.0. The van der Waals surface area contributed by atoms with E-state index in [1.807, 2.05) is 42.5 Å². The first kappa shape index (κ1) is 19.2. The number of fused-ring (bicyclic) bond motifs is 1. The lowest BCUT2D eigenvalue weighted by Gasteiger charge is -2.17. The van der Waals surface area contributed by atoms with Crippen LogP contribution in [0.3, 0.4) is 0 Å². The molecule has 2 aromatic rings. The molecule has 0 radical (unpaired) electrons. The highest BCUT2D eigenvalue weighted by molar-refractivity contribution is 6.30. The van der Waals surface area contributed by atoms with E-state index in [1.165, 1.54) is 0 Å². The number of carbonyl (C=O) groups excluding carboxylic acids is 2. The number of ether oxygens (including phenoxy) is 1. The van der Waals surface area contributed by atoms with Gasteiger partial charge in [-0.25, -0.2) is 0 Å². The average molecular weight is 387 g/mol. The third-order valence-electron chi connectivity index (χ3n) is 4.41. The number of carbonyl (C=O) groups is 2. The Morgan fingerprint density at radius 1 is 1.19 bits per heavy atom. The molecule has 1 heterocycles. The van der Waals surface area contributed by atoms with Gasteiger partial charge in [-0.05, 0) is 60.7 Å². The first-order valence-electron chi connectivity index (χ1n) is 9.17. The van der Waals surface area contributed by atoms with Crippen molar-refractivity contribution in [1.29, 1.82) is 0 Å². The standard InChI is InChI=1S/C21H23ClN2O3/c22-17-4-1-3-15(13-17)10-11-23-20(25)5-2-12-27-18-7-8-19-16(14-18)6-9-21(26)24-19/h1,3-4,7-8,13-14H,2,5-6,9-12H2,(H,23,25)(H,24,26). The molecule has 2 aromatic carbocycles. The predicted octanol–water partition coefficient (Wildman–Crippen LogP) is 3.74. The highest BCUT2D eigenvalue weighted by Crippen LogP contribution is 2.26. The normalized spacial score (nSPS) is 12.9. The van der Waals surface area contributed by atoms with Gasteiger partial charge in [0, 0.05) is 30.1 Å². The van der Waals surface area contributed by atoms with Gasteiger partial charge in [0.25, 0.3) is 0 Å². The van der Waals surface area contributed by atoms with Crippen LogP contribution in [0.1, 0.15) is 30.4 Å². The number of hydrogen-bond donors (Lipinski definition) is 2. The number of aryl methyl sites for hydroxylation is 1.